The number of rotatable bonds is 4. The van der Waals surface area contributed by atoms with E-state index in [1.807, 2.05) is 43.3 Å². The van der Waals surface area contributed by atoms with Crippen LogP contribution in [-0.4, -0.2) is 31.0 Å². The fourth-order valence-corrected chi connectivity index (χ4v) is 3.08. The van der Waals surface area contributed by atoms with Crippen molar-refractivity contribution in [2.24, 2.45) is 0 Å². The van der Waals surface area contributed by atoms with Crippen molar-refractivity contribution in [1.29, 1.82) is 0 Å². The molecule has 5 nitrogen and oxygen atoms in total. The lowest BCUT2D eigenvalue weighted by molar-refractivity contribution is -0.148. The van der Waals surface area contributed by atoms with Crippen LogP contribution in [0.15, 0.2) is 42.5 Å². The Morgan fingerprint density at radius 1 is 1.23 bits per heavy atom. The van der Waals surface area contributed by atoms with Gasteiger partial charge in [0.2, 0.25) is 0 Å². The smallest absolute Gasteiger partial charge is 0.280 e. The monoisotopic (exact) mass is 372 g/mol. The van der Waals surface area contributed by atoms with Crippen LogP contribution in [0.1, 0.15) is 18.1 Å². The van der Waals surface area contributed by atoms with Crippen LogP contribution < -0.4 is 15.0 Å². The van der Waals surface area contributed by atoms with Gasteiger partial charge in [-0.05, 0) is 55.7 Å². The molecule has 0 saturated carbocycles. The minimum Gasteiger partial charge on any atom is -0.466 e. The molecule has 136 valence electrons. The zero-order valence-electron chi connectivity index (χ0n) is 15.0. The van der Waals surface area contributed by atoms with E-state index >= 15 is 0 Å². The molecular formula is C20H21ClN2O3. The molecule has 2 amide bonds. The number of anilines is 1. The number of likely N-dealkylation sites (N-methyl/N-ethyl adjacent to an activating group) is 1. The zero-order chi connectivity index (χ0) is 18.9. The first-order valence-corrected chi connectivity index (χ1v) is 8.79. The van der Waals surface area contributed by atoms with E-state index in [2.05, 4.69) is 5.32 Å². The van der Waals surface area contributed by atoms with Crippen molar-refractivity contribution in [2.75, 3.05) is 18.5 Å². The summed E-state index contributed by atoms with van der Waals surface area (Å²) in [6.07, 6.45) is 0.638. The number of benzene rings is 2. The Kier molecular flexibility index (Phi) is 4.92. The summed E-state index contributed by atoms with van der Waals surface area (Å²) in [5.41, 5.74) is 1.15. The molecule has 1 N–H and O–H groups in total. The molecule has 2 aromatic carbocycles. The number of carbonyl (C=O) groups is 2. The topological polar surface area (TPSA) is 58.6 Å². The predicted molar refractivity (Wildman–Crippen MR) is 102 cm³/mol. The van der Waals surface area contributed by atoms with Gasteiger partial charge in [-0.3, -0.25) is 9.59 Å². The first-order valence-electron chi connectivity index (χ1n) is 8.42. The van der Waals surface area contributed by atoms with Crippen molar-refractivity contribution in [3.05, 3.63) is 58.6 Å². The van der Waals surface area contributed by atoms with Crippen LogP contribution in [0.5, 0.6) is 5.75 Å². The van der Waals surface area contributed by atoms with E-state index in [0.29, 0.717) is 29.4 Å². The van der Waals surface area contributed by atoms with Crippen LogP contribution in [0.4, 0.5) is 5.69 Å². The number of fused-ring (bicyclic) bond motifs is 1. The second kappa shape index (κ2) is 7.00. The van der Waals surface area contributed by atoms with Crippen molar-refractivity contribution in [1.82, 2.24) is 5.32 Å². The van der Waals surface area contributed by atoms with Crippen molar-refractivity contribution >= 4 is 29.1 Å². The summed E-state index contributed by atoms with van der Waals surface area (Å²) in [6, 6.07) is 13.0. The lowest BCUT2D eigenvalue weighted by Gasteiger charge is -2.38. The molecule has 1 aliphatic rings. The number of carbonyl (C=O) groups excluding carboxylic acids is 2. The molecule has 2 aromatic rings. The molecule has 0 bridgehead atoms. The van der Waals surface area contributed by atoms with Gasteiger partial charge in [-0.2, -0.15) is 0 Å². The lowest BCUT2D eigenvalue weighted by atomic mass is 9.99. The molecule has 0 aliphatic carbocycles. The van der Waals surface area contributed by atoms with Gasteiger partial charge >= 0.3 is 0 Å². The lowest BCUT2D eigenvalue weighted by Crippen LogP contribution is -2.61. The van der Waals surface area contributed by atoms with E-state index in [1.54, 1.807) is 13.1 Å². The van der Waals surface area contributed by atoms with E-state index in [0.717, 1.165) is 11.1 Å². The van der Waals surface area contributed by atoms with Crippen LogP contribution >= 0.6 is 11.6 Å². The summed E-state index contributed by atoms with van der Waals surface area (Å²) < 4.78 is 5.82. The molecule has 1 aliphatic heterocycles. The van der Waals surface area contributed by atoms with Gasteiger partial charge in [0.1, 0.15) is 5.75 Å². The average Bonchev–Trinajstić information content (AvgIpc) is 2.62. The number of hydrogen-bond donors (Lipinski definition) is 1. The van der Waals surface area contributed by atoms with Gasteiger partial charge in [0.25, 0.3) is 17.4 Å². The Balaban J connectivity index is 1.70. The minimum atomic E-state index is -1.59. The number of amides is 2. The van der Waals surface area contributed by atoms with E-state index in [-0.39, 0.29) is 5.91 Å². The van der Waals surface area contributed by atoms with E-state index in [9.17, 15) is 9.59 Å². The Labute approximate surface area is 157 Å². The third-order valence-electron chi connectivity index (χ3n) is 4.55. The summed E-state index contributed by atoms with van der Waals surface area (Å²) >= 11 is 5.87. The zero-order valence-corrected chi connectivity index (χ0v) is 15.8. The van der Waals surface area contributed by atoms with Gasteiger partial charge in [-0.1, -0.05) is 29.8 Å². The standard InChI is InChI=1S/C20H21ClN2O3/c1-13-4-9-17-16(12-13)23(3)19(25)20(2,26-17)18(24)22-11-10-14-5-7-15(21)8-6-14/h4-9,12H,10-11H2,1-3H3,(H,22,24). The summed E-state index contributed by atoms with van der Waals surface area (Å²) in [5, 5.41) is 3.47. The van der Waals surface area contributed by atoms with Gasteiger partial charge < -0.3 is 15.0 Å². The quantitative estimate of drug-likeness (QED) is 0.839. The van der Waals surface area contributed by atoms with Gasteiger partial charge in [0.05, 0.1) is 5.69 Å². The molecule has 0 fully saturated rings. The van der Waals surface area contributed by atoms with Crippen LogP contribution in [0.3, 0.4) is 0 Å². The summed E-state index contributed by atoms with van der Waals surface area (Å²) in [6.45, 7) is 3.85. The van der Waals surface area contributed by atoms with Crippen molar-refractivity contribution in [3.63, 3.8) is 0 Å². The first-order chi connectivity index (χ1) is 12.3. The number of aryl methyl sites for hydroxylation is 1. The summed E-state index contributed by atoms with van der Waals surface area (Å²) in [7, 11) is 1.66. The number of ether oxygens (including phenoxy) is 1. The molecule has 0 spiro atoms. The third-order valence-corrected chi connectivity index (χ3v) is 4.80. The van der Waals surface area contributed by atoms with Crippen LogP contribution in [0.2, 0.25) is 5.02 Å². The second-order valence-corrected chi connectivity index (χ2v) is 7.04. The molecule has 3 rings (SSSR count). The average molecular weight is 373 g/mol. The SMILES string of the molecule is Cc1ccc2c(c1)N(C)C(=O)C(C)(C(=O)NCCc1ccc(Cl)cc1)O2. The fourth-order valence-electron chi connectivity index (χ4n) is 2.95. The van der Waals surface area contributed by atoms with Gasteiger partial charge in [-0.15, -0.1) is 0 Å². The molecule has 0 radical (unpaired) electrons. The highest BCUT2D eigenvalue weighted by molar-refractivity contribution is 6.30. The van der Waals surface area contributed by atoms with E-state index in [1.165, 1.54) is 11.8 Å². The van der Waals surface area contributed by atoms with Crippen LogP contribution in [-0.2, 0) is 16.0 Å². The highest BCUT2D eigenvalue weighted by Gasteiger charge is 2.49. The normalized spacial score (nSPS) is 18.9. The second-order valence-electron chi connectivity index (χ2n) is 6.60. The third kappa shape index (κ3) is 3.40. The largest absolute Gasteiger partial charge is 0.466 e. The van der Waals surface area contributed by atoms with E-state index in [4.69, 9.17) is 16.3 Å². The molecule has 1 unspecified atom stereocenters. The molecule has 0 saturated heterocycles. The van der Waals surface area contributed by atoms with Crippen LogP contribution in [0.25, 0.3) is 0 Å². The fraction of sp³-hybridized carbons (Fsp3) is 0.300. The molecule has 1 atom stereocenters. The maximum atomic E-state index is 12.8. The van der Waals surface area contributed by atoms with Crippen LogP contribution in [0, 0.1) is 6.92 Å². The first kappa shape index (κ1) is 18.3. The Hall–Kier alpha value is -2.53. The molecule has 26 heavy (non-hydrogen) atoms. The van der Waals surface area contributed by atoms with Gasteiger partial charge in [-0.25, -0.2) is 0 Å². The van der Waals surface area contributed by atoms with Gasteiger partial charge in [0.15, 0.2) is 0 Å². The van der Waals surface area contributed by atoms with Crippen molar-refractivity contribution < 1.29 is 14.3 Å². The predicted octanol–water partition coefficient (Wildman–Crippen LogP) is 3.12. The Bertz CT molecular complexity index is 851. The van der Waals surface area contributed by atoms with Crippen molar-refractivity contribution in [2.45, 2.75) is 25.9 Å². The Morgan fingerprint density at radius 3 is 2.62 bits per heavy atom. The summed E-state index contributed by atoms with van der Waals surface area (Å²) in [4.78, 5) is 26.9. The maximum absolute atomic E-state index is 12.8. The Morgan fingerprint density at radius 2 is 1.92 bits per heavy atom. The highest BCUT2D eigenvalue weighted by atomic mass is 35.5. The highest BCUT2D eigenvalue weighted by Crippen LogP contribution is 2.37. The maximum Gasteiger partial charge on any atom is 0.280 e. The van der Waals surface area contributed by atoms with E-state index < -0.39 is 11.5 Å². The molecular weight excluding hydrogens is 352 g/mol. The van der Waals surface area contributed by atoms with Gasteiger partial charge in [0, 0.05) is 18.6 Å². The number of nitrogens with zero attached hydrogens (tertiary/aromatic N) is 1. The van der Waals surface area contributed by atoms with Crippen molar-refractivity contribution in [3.8, 4) is 5.75 Å². The molecule has 0 aromatic heterocycles. The minimum absolute atomic E-state index is 0.389. The molecule has 1 heterocycles. The number of nitrogens with one attached hydrogen (secondary N) is 1. The number of halogens is 1. The number of hydrogen-bond acceptors (Lipinski definition) is 3. The summed E-state index contributed by atoms with van der Waals surface area (Å²) in [5.74, 6) is -0.317. The molecule has 6 heteroatoms.